The van der Waals surface area contributed by atoms with E-state index in [1.165, 1.54) is 17.1 Å². The second kappa shape index (κ2) is 6.17. The molecule has 0 unspecified atom stereocenters. The van der Waals surface area contributed by atoms with Crippen molar-refractivity contribution >= 4 is 29.4 Å². The Hall–Kier alpha value is -0.870. The second-order valence-corrected chi connectivity index (χ2v) is 6.42. The van der Waals surface area contributed by atoms with Gasteiger partial charge in [-0.05, 0) is 17.7 Å². The molecule has 1 aromatic rings. The first-order chi connectivity index (χ1) is 8.31. The monoisotopic (exact) mass is 265 g/mol. The fourth-order valence-electron chi connectivity index (χ4n) is 1.61. The lowest BCUT2D eigenvalue weighted by atomic mass is 10.1. The molecule has 0 radical (unpaired) electrons. The maximum Gasteiger partial charge on any atom is 0.251 e. The van der Waals surface area contributed by atoms with E-state index < -0.39 is 0 Å². The summed E-state index contributed by atoms with van der Waals surface area (Å²) in [5.74, 6) is 2.40. The zero-order valence-corrected chi connectivity index (χ0v) is 11.2. The molecule has 4 heteroatoms. The van der Waals surface area contributed by atoms with Crippen LogP contribution in [0.1, 0.15) is 20.5 Å². The molecule has 2 nitrogen and oxygen atoms in total. The van der Waals surface area contributed by atoms with Crippen molar-refractivity contribution in [3.63, 3.8) is 0 Å². The molecule has 1 N–H and O–H groups in total. The number of rotatable bonds is 4. The number of carbonyl (C=O) groups is 1. The van der Waals surface area contributed by atoms with E-state index in [-0.39, 0.29) is 5.91 Å². The number of thioether (sulfide) groups is 2. The third-order valence-corrected chi connectivity index (χ3v) is 5.58. The number of hydrogen-bond donors (Lipinski definition) is 1. The van der Waals surface area contributed by atoms with Gasteiger partial charge in [0.1, 0.15) is 0 Å². The lowest BCUT2D eigenvalue weighted by molar-refractivity contribution is 0.0958. The zero-order chi connectivity index (χ0) is 12.1. The second-order valence-electron chi connectivity index (χ2n) is 3.69. The summed E-state index contributed by atoms with van der Waals surface area (Å²) >= 11 is 3.95. The summed E-state index contributed by atoms with van der Waals surface area (Å²) < 4.78 is 0.542. The summed E-state index contributed by atoms with van der Waals surface area (Å²) in [6.45, 7) is 4.08. The van der Waals surface area contributed by atoms with Gasteiger partial charge in [-0.25, -0.2) is 0 Å². The Balaban J connectivity index is 2.01. The van der Waals surface area contributed by atoms with Crippen LogP contribution in [-0.2, 0) is 0 Å². The molecular weight excluding hydrogens is 250 g/mol. The molecule has 1 aromatic carbocycles. The van der Waals surface area contributed by atoms with Gasteiger partial charge < -0.3 is 5.32 Å². The predicted molar refractivity (Wildman–Crippen MR) is 76.6 cm³/mol. The molecule has 1 aliphatic rings. The van der Waals surface area contributed by atoms with Gasteiger partial charge in [0.05, 0.1) is 4.58 Å². The highest BCUT2D eigenvalue weighted by Crippen LogP contribution is 2.45. The first-order valence-corrected chi connectivity index (χ1v) is 7.63. The molecule has 2 rings (SSSR count). The summed E-state index contributed by atoms with van der Waals surface area (Å²) in [6, 6.07) is 7.90. The Labute approximate surface area is 110 Å². The normalized spacial score (nSPS) is 15.8. The predicted octanol–water partition coefficient (Wildman–Crippen LogP) is 3.08. The molecule has 1 amide bonds. The summed E-state index contributed by atoms with van der Waals surface area (Å²) in [5, 5.41) is 2.77. The van der Waals surface area contributed by atoms with Gasteiger partial charge in [-0.2, -0.15) is 0 Å². The Morgan fingerprint density at radius 2 is 2.00 bits per heavy atom. The minimum Gasteiger partial charge on any atom is -0.349 e. The van der Waals surface area contributed by atoms with E-state index >= 15 is 0 Å². The smallest absolute Gasteiger partial charge is 0.251 e. The average Bonchev–Trinajstić information content (AvgIpc) is 2.90. The molecule has 1 heterocycles. The number of benzene rings is 1. The lowest BCUT2D eigenvalue weighted by Crippen LogP contribution is -2.23. The fourth-order valence-corrected chi connectivity index (χ4v) is 4.47. The van der Waals surface area contributed by atoms with Crippen molar-refractivity contribution in [3.05, 3.63) is 48.0 Å². The van der Waals surface area contributed by atoms with E-state index in [9.17, 15) is 4.79 Å². The molecule has 1 saturated heterocycles. The fraction of sp³-hybridized carbons (Fsp3) is 0.308. The van der Waals surface area contributed by atoms with Crippen molar-refractivity contribution in [2.24, 2.45) is 0 Å². The van der Waals surface area contributed by atoms with Crippen LogP contribution in [0, 0.1) is 0 Å². The summed E-state index contributed by atoms with van der Waals surface area (Å²) in [7, 11) is 0. The molecule has 0 aromatic heterocycles. The van der Waals surface area contributed by atoms with Crippen LogP contribution in [0.15, 0.2) is 36.9 Å². The lowest BCUT2D eigenvalue weighted by Gasteiger charge is -2.09. The highest BCUT2D eigenvalue weighted by molar-refractivity contribution is 8.19. The van der Waals surface area contributed by atoms with Gasteiger partial charge in [-0.15, -0.1) is 30.1 Å². The van der Waals surface area contributed by atoms with E-state index in [0.29, 0.717) is 16.7 Å². The number of carbonyl (C=O) groups excluding carboxylic acids is 1. The van der Waals surface area contributed by atoms with E-state index in [4.69, 9.17) is 0 Å². The van der Waals surface area contributed by atoms with E-state index in [0.717, 1.165) is 0 Å². The van der Waals surface area contributed by atoms with Crippen molar-refractivity contribution in [3.8, 4) is 0 Å². The molecular formula is C13H15NOS2. The molecule has 0 saturated carbocycles. The third-order valence-electron chi connectivity index (χ3n) is 2.47. The molecule has 0 atom stereocenters. The molecule has 1 fully saturated rings. The van der Waals surface area contributed by atoms with Gasteiger partial charge in [0.15, 0.2) is 0 Å². The van der Waals surface area contributed by atoms with Crippen LogP contribution in [0.2, 0.25) is 0 Å². The van der Waals surface area contributed by atoms with Crippen molar-refractivity contribution in [1.29, 1.82) is 0 Å². The minimum absolute atomic E-state index is 0.0387. The topological polar surface area (TPSA) is 29.1 Å². The summed E-state index contributed by atoms with van der Waals surface area (Å²) in [5.41, 5.74) is 2.02. The number of nitrogens with one attached hydrogen (secondary N) is 1. The molecule has 90 valence electrons. The first kappa shape index (κ1) is 12.6. The maximum absolute atomic E-state index is 11.7. The Morgan fingerprint density at radius 1 is 1.35 bits per heavy atom. The molecule has 1 aliphatic heterocycles. The van der Waals surface area contributed by atoms with E-state index in [1.807, 2.05) is 35.7 Å². The molecule has 0 bridgehead atoms. The summed E-state index contributed by atoms with van der Waals surface area (Å²) in [4.78, 5) is 11.7. The Kier molecular flexibility index (Phi) is 4.57. The van der Waals surface area contributed by atoms with Crippen LogP contribution < -0.4 is 5.32 Å². The van der Waals surface area contributed by atoms with Gasteiger partial charge in [-0.1, -0.05) is 18.2 Å². The molecule has 0 spiro atoms. The van der Waals surface area contributed by atoms with Crippen LogP contribution >= 0.6 is 23.5 Å². The molecule has 0 aliphatic carbocycles. The van der Waals surface area contributed by atoms with Gasteiger partial charge in [0, 0.05) is 23.6 Å². The Bertz CT molecular complexity index is 396. The highest BCUT2D eigenvalue weighted by Gasteiger charge is 2.18. The third kappa shape index (κ3) is 3.30. The van der Waals surface area contributed by atoms with Crippen LogP contribution in [0.4, 0.5) is 0 Å². The Morgan fingerprint density at radius 3 is 2.59 bits per heavy atom. The van der Waals surface area contributed by atoms with Crippen LogP contribution in [0.5, 0.6) is 0 Å². The zero-order valence-electron chi connectivity index (χ0n) is 9.52. The van der Waals surface area contributed by atoms with E-state index in [1.54, 1.807) is 6.08 Å². The van der Waals surface area contributed by atoms with Gasteiger partial charge in [-0.3, -0.25) is 4.79 Å². The van der Waals surface area contributed by atoms with Gasteiger partial charge >= 0.3 is 0 Å². The standard InChI is InChI=1S/C13H15NOS2/c1-2-7-14-12(15)10-3-5-11(6-4-10)13-16-8-9-17-13/h2-6,13H,1,7-9H2,(H,14,15). The van der Waals surface area contributed by atoms with Crippen LogP contribution in [-0.4, -0.2) is 24.0 Å². The largest absolute Gasteiger partial charge is 0.349 e. The quantitative estimate of drug-likeness (QED) is 0.848. The maximum atomic E-state index is 11.7. The minimum atomic E-state index is -0.0387. The van der Waals surface area contributed by atoms with Crippen molar-refractivity contribution < 1.29 is 4.79 Å². The summed E-state index contributed by atoms with van der Waals surface area (Å²) in [6.07, 6.45) is 1.68. The van der Waals surface area contributed by atoms with Crippen LogP contribution in [0.25, 0.3) is 0 Å². The van der Waals surface area contributed by atoms with Crippen molar-refractivity contribution in [1.82, 2.24) is 5.32 Å². The SMILES string of the molecule is C=CCNC(=O)c1ccc(C2SCCS2)cc1. The first-order valence-electron chi connectivity index (χ1n) is 5.53. The van der Waals surface area contributed by atoms with Crippen molar-refractivity contribution in [2.45, 2.75) is 4.58 Å². The number of amides is 1. The number of hydrogen-bond acceptors (Lipinski definition) is 3. The van der Waals surface area contributed by atoms with E-state index in [2.05, 4.69) is 24.0 Å². The highest BCUT2D eigenvalue weighted by atomic mass is 32.2. The van der Waals surface area contributed by atoms with Gasteiger partial charge in [0.25, 0.3) is 5.91 Å². The van der Waals surface area contributed by atoms with Gasteiger partial charge in [0.2, 0.25) is 0 Å². The van der Waals surface area contributed by atoms with Crippen molar-refractivity contribution in [2.75, 3.05) is 18.1 Å². The van der Waals surface area contributed by atoms with Crippen LogP contribution in [0.3, 0.4) is 0 Å². The average molecular weight is 265 g/mol. The molecule has 17 heavy (non-hydrogen) atoms.